The predicted molar refractivity (Wildman–Crippen MR) is 83.6 cm³/mol. The summed E-state index contributed by atoms with van der Waals surface area (Å²) in [6, 6.07) is 10.7. The lowest BCUT2D eigenvalue weighted by Crippen LogP contribution is -2.15. The van der Waals surface area contributed by atoms with E-state index in [9.17, 15) is 9.59 Å². The second kappa shape index (κ2) is 7.93. The van der Waals surface area contributed by atoms with Crippen LogP contribution in [0.3, 0.4) is 0 Å². The van der Waals surface area contributed by atoms with Crippen molar-refractivity contribution in [3.05, 3.63) is 59.9 Å². The molecule has 1 N–H and O–H groups in total. The molecule has 2 aromatic rings. The Morgan fingerprint density at radius 2 is 2.00 bits per heavy atom. The summed E-state index contributed by atoms with van der Waals surface area (Å²) in [6.45, 7) is 0. The van der Waals surface area contributed by atoms with Gasteiger partial charge in [0.25, 0.3) is 0 Å². The number of carbonyl (C=O) groups is 2. The average molecular weight is 298 g/mol. The summed E-state index contributed by atoms with van der Waals surface area (Å²) >= 11 is 0. The zero-order chi connectivity index (χ0) is 15.8. The standard InChI is InChI=1S/C17H18N2O3/c1-22-17(21)14-8-2-3-9-15(14)19-16(20)10-4-6-13-7-5-11-18-12-13/h2-3,5,7-9,11-12H,4,6,10H2,1H3,(H,19,20). The molecule has 2 rings (SSSR count). The molecule has 0 bridgehead atoms. The number of methoxy groups -OCH3 is 1. The Morgan fingerprint density at radius 3 is 2.73 bits per heavy atom. The maximum atomic E-state index is 12.0. The summed E-state index contributed by atoms with van der Waals surface area (Å²) in [5.74, 6) is -0.591. The summed E-state index contributed by atoms with van der Waals surface area (Å²) in [5, 5.41) is 2.76. The van der Waals surface area contributed by atoms with E-state index >= 15 is 0 Å². The minimum absolute atomic E-state index is 0.125. The Balaban J connectivity index is 1.88. The highest BCUT2D eigenvalue weighted by Crippen LogP contribution is 2.16. The van der Waals surface area contributed by atoms with E-state index in [-0.39, 0.29) is 5.91 Å². The maximum Gasteiger partial charge on any atom is 0.339 e. The van der Waals surface area contributed by atoms with Crippen LogP contribution in [-0.2, 0) is 16.0 Å². The van der Waals surface area contributed by atoms with Gasteiger partial charge in [-0.25, -0.2) is 4.79 Å². The molecule has 1 heterocycles. The molecule has 114 valence electrons. The van der Waals surface area contributed by atoms with Crippen LogP contribution < -0.4 is 5.32 Å². The van der Waals surface area contributed by atoms with Crippen LogP contribution in [0.2, 0.25) is 0 Å². The van der Waals surface area contributed by atoms with Crippen molar-refractivity contribution in [3.63, 3.8) is 0 Å². The number of anilines is 1. The van der Waals surface area contributed by atoms with Gasteiger partial charge < -0.3 is 10.1 Å². The first kappa shape index (κ1) is 15.7. The van der Waals surface area contributed by atoms with E-state index in [0.717, 1.165) is 18.4 Å². The number of pyridine rings is 1. The van der Waals surface area contributed by atoms with Gasteiger partial charge >= 0.3 is 5.97 Å². The van der Waals surface area contributed by atoms with Crippen molar-refractivity contribution in [1.29, 1.82) is 0 Å². The monoisotopic (exact) mass is 298 g/mol. The number of aryl methyl sites for hydroxylation is 1. The average Bonchev–Trinajstić information content (AvgIpc) is 2.55. The smallest absolute Gasteiger partial charge is 0.339 e. The van der Waals surface area contributed by atoms with Crippen LogP contribution in [0.4, 0.5) is 5.69 Å². The summed E-state index contributed by atoms with van der Waals surface area (Å²) < 4.78 is 4.70. The van der Waals surface area contributed by atoms with Crippen LogP contribution in [0, 0.1) is 0 Å². The maximum absolute atomic E-state index is 12.0. The van der Waals surface area contributed by atoms with E-state index in [1.54, 1.807) is 36.7 Å². The number of benzene rings is 1. The van der Waals surface area contributed by atoms with Crippen LogP contribution in [0.25, 0.3) is 0 Å². The van der Waals surface area contributed by atoms with Crippen molar-refractivity contribution in [2.75, 3.05) is 12.4 Å². The minimum atomic E-state index is -0.466. The van der Waals surface area contributed by atoms with Gasteiger partial charge in [-0.2, -0.15) is 0 Å². The van der Waals surface area contributed by atoms with Crippen molar-refractivity contribution >= 4 is 17.6 Å². The molecule has 0 aliphatic rings. The van der Waals surface area contributed by atoms with Gasteiger partial charge in [-0.15, -0.1) is 0 Å². The van der Waals surface area contributed by atoms with Crippen LogP contribution in [0.1, 0.15) is 28.8 Å². The van der Waals surface area contributed by atoms with Gasteiger partial charge in [-0.1, -0.05) is 18.2 Å². The Bertz CT molecular complexity index is 641. The normalized spacial score (nSPS) is 10.0. The lowest BCUT2D eigenvalue weighted by atomic mass is 10.1. The molecular formula is C17H18N2O3. The second-order valence-electron chi connectivity index (χ2n) is 4.80. The van der Waals surface area contributed by atoms with E-state index in [1.165, 1.54) is 7.11 Å². The Kier molecular flexibility index (Phi) is 5.65. The third-order valence-electron chi connectivity index (χ3n) is 3.20. The molecule has 0 aliphatic carbocycles. The number of nitrogens with one attached hydrogen (secondary N) is 1. The molecule has 0 spiro atoms. The van der Waals surface area contributed by atoms with Gasteiger partial charge in [0.05, 0.1) is 18.4 Å². The summed E-state index contributed by atoms with van der Waals surface area (Å²) in [6.07, 6.45) is 5.41. The largest absolute Gasteiger partial charge is 0.465 e. The first-order chi connectivity index (χ1) is 10.7. The van der Waals surface area contributed by atoms with Gasteiger partial charge in [0.15, 0.2) is 0 Å². The van der Waals surface area contributed by atoms with Gasteiger partial charge in [0.1, 0.15) is 0 Å². The first-order valence-corrected chi connectivity index (χ1v) is 7.07. The van der Waals surface area contributed by atoms with Crippen molar-refractivity contribution in [3.8, 4) is 0 Å². The molecule has 0 fully saturated rings. The number of ether oxygens (including phenoxy) is 1. The highest BCUT2D eigenvalue weighted by molar-refractivity contribution is 6.01. The summed E-state index contributed by atoms with van der Waals surface area (Å²) in [7, 11) is 1.31. The summed E-state index contributed by atoms with van der Waals surface area (Å²) in [4.78, 5) is 27.7. The zero-order valence-corrected chi connectivity index (χ0v) is 12.4. The molecule has 0 unspecified atom stereocenters. The van der Waals surface area contributed by atoms with E-state index in [1.807, 2.05) is 12.1 Å². The molecule has 0 radical (unpaired) electrons. The van der Waals surface area contributed by atoms with Gasteiger partial charge in [0.2, 0.25) is 5.91 Å². The van der Waals surface area contributed by atoms with Gasteiger partial charge in [0, 0.05) is 18.8 Å². The fourth-order valence-corrected chi connectivity index (χ4v) is 2.09. The van der Waals surface area contributed by atoms with Crippen molar-refractivity contribution < 1.29 is 14.3 Å². The molecule has 1 aromatic carbocycles. The van der Waals surface area contributed by atoms with Crippen LogP contribution >= 0.6 is 0 Å². The van der Waals surface area contributed by atoms with Crippen LogP contribution in [0.5, 0.6) is 0 Å². The summed E-state index contributed by atoms with van der Waals surface area (Å²) in [5.41, 5.74) is 1.93. The molecule has 0 saturated carbocycles. The molecule has 0 atom stereocenters. The van der Waals surface area contributed by atoms with Gasteiger partial charge in [-0.3, -0.25) is 9.78 Å². The highest BCUT2D eigenvalue weighted by Gasteiger charge is 2.12. The number of amides is 1. The highest BCUT2D eigenvalue weighted by atomic mass is 16.5. The van der Waals surface area contributed by atoms with Crippen molar-refractivity contribution in [1.82, 2.24) is 4.98 Å². The molecular weight excluding hydrogens is 280 g/mol. The molecule has 1 aromatic heterocycles. The van der Waals surface area contributed by atoms with E-state index in [4.69, 9.17) is 4.74 Å². The minimum Gasteiger partial charge on any atom is -0.465 e. The van der Waals surface area contributed by atoms with Gasteiger partial charge in [-0.05, 0) is 36.6 Å². The van der Waals surface area contributed by atoms with E-state index < -0.39 is 5.97 Å². The topological polar surface area (TPSA) is 68.3 Å². The second-order valence-corrected chi connectivity index (χ2v) is 4.80. The number of rotatable bonds is 6. The lowest BCUT2D eigenvalue weighted by molar-refractivity contribution is -0.116. The number of hydrogen-bond acceptors (Lipinski definition) is 4. The number of para-hydroxylation sites is 1. The third kappa shape index (κ3) is 4.41. The lowest BCUT2D eigenvalue weighted by Gasteiger charge is -2.09. The fraction of sp³-hybridized carbons (Fsp3) is 0.235. The quantitative estimate of drug-likeness (QED) is 0.833. The first-order valence-electron chi connectivity index (χ1n) is 7.07. The predicted octanol–water partition coefficient (Wildman–Crippen LogP) is 2.83. The van der Waals surface area contributed by atoms with E-state index in [2.05, 4.69) is 10.3 Å². The Hall–Kier alpha value is -2.69. The number of esters is 1. The van der Waals surface area contributed by atoms with E-state index in [0.29, 0.717) is 17.7 Å². The number of nitrogens with zero attached hydrogens (tertiary/aromatic N) is 1. The fourth-order valence-electron chi connectivity index (χ4n) is 2.09. The van der Waals surface area contributed by atoms with Crippen LogP contribution in [-0.4, -0.2) is 24.0 Å². The molecule has 1 amide bonds. The number of aromatic nitrogens is 1. The third-order valence-corrected chi connectivity index (χ3v) is 3.20. The molecule has 0 saturated heterocycles. The van der Waals surface area contributed by atoms with Crippen LogP contribution in [0.15, 0.2) is 48.8 Å². The Morgan fingerprint density at radius 1 is 1.18 bits per heavy atom. The number of carbonyl (C=O) groups excluding carboxylic acids is 2. The van der Waals surface area contributed by atoms with Crippen molar-refractivity contribution in [2.24, 2.45) is 0 Å². The zero-order valence-electron chi connectivity index (χ0n) is 12.4. The Labute approximate surface area is 129 Å². The molecule has 5 heteroatoms. The molecule has 0 aliphatic heterocycles. The number of hydrogen-bond donors (Lipinski definition) is 1. The molecule has 22 heavy (non-hydrogen) atoms. The SMILES string of the molecule is COC(=O)c1ccccc1NC(=O)CCCc1cccnc1. The van der Waals surface area contributed by atoms with Crippen molar-refractivity contribution in [2.45, 2.75) is 19.3 Å². The molecule has 5 nitrogen and oxygen atoms in total.